The number of benzene rings is 2. The normalized spacial score (nSPS) is 17.1. The maximum atomic E-state index is 13.0. The van der Waals surface area contributed by atoms with Crippen molar-refractivity contribution in [2.24, 2.45) is 0 Å². The van der Waals surface area contributed by atoms with Crippen molar-refractivity contribution >= 4 is 27.5 Å². The van der Waals surface area contributed by atoms with Gasteiger partial charge in [-0.15, -0.1) is 0 Å². The van der Waals surface area contributed by atoms with E-state index in [0.29, 0.717) is 53.3 Å². The Morgan fingerprint density at radius 1 is 1.00 bits per heavy atom. The van der Waals surface area contributed by atoms with Crippen LogP contribution in [-0.2, 0) is 10.0 Å². The van der Waals surface area contributed by atoms with E-state index in [4.69, 9.17) is 21.1 Å². The van der Waals surface area contributed by atoms with Gasteiger partial charge in [-0.2, -0.15) is 4.31 Å². The number of rotatable bonds is 3. The van der Waals surface area contributed by atoms with Gasteiger partial charge in [0, 0.05) is 31.7 Å². The van der Waals surface area contributed by atoms with Crippen molar-refractivity contribution in [3.8, 4) is 11.5 Å². The predicted molar refractivity (Wildman–Crippen MR) is 113 cm³/mol. The lowest BCUT2D eigenvalue weighted by Gasteiger charge is -2.34. The smallest absolute Gasteiger partial charge is 0.254 e. The maximum absolute atomic E-state index is 13.0. The molecule has 0 N–H and O–H groups in total. The maximum Gasteiger partial charge on any atom is 0.254 e. The van der Waals surface area contributed by atoms with Gasteiger partial charge in [0.15, 0.2) is 11.5 Å². The molecule has 160 valence electrons. The Hall–Kier alpha value is -2.29. The number of hydrogen-bond acceptors (Lipinski definition) is 5. The molecule has 0 saturated carbocycles. The second kappa shape index (κ2) is 8.09. The Bertz CT molecular complexity index is 1090. The van der Waals surface area contributed by atoms with Gasteiger partial charge in [0.2, 0.25) is 10.0 Å². The van der Waals surface area contributed by atoms with Crippen LogP contribution in [0.4, 0.5) is 0 Å². The number of amides is 1. The number of carbonyl (C=O) groups excluding carboxylic acids is 1. The van der Waals surface area contributed by atoms with Crippen LogP contribution in [0.1, 0.15) is 21.5 Å². The van der Waals surface area contributed by atoms with Crippen LogP contribution in [0, 0.1) is 13.8 Å². The van der Waals surface area contributed by atoms with E-state index in [0.717, 1.165) is 11.1 Å². The van der Waals surface area contributed by atoms with E-state index in [1.807, 2.05) is 13.0 Å². The molecule has 0 radical (unpaired) electrons. The summed E-state index contributed by atoms with van der Waals surface area (Å²) in [7, 11) is -3.60. The Kier molecular flexibility index (Phi) is 5.65. The Morgan fingerprint density at radius 2 is 1.70 bits per heavy atom. The third-order valence-corrected chi connectivity index (χ3v) is 7.66. The van der Waals surface area contributed by atoms with Crippen LogP contribution in [0.15, 0.2) is 35.2 Å². The third kappa shape index (κ3) is 3.87. The van der Waals surface area contributed by atoms with Gasteiger partial charge in [-0.1, -0.05) is 29.3 Å². The highest BCUT2D eigenvalue weighted by atomic mass is 35.5. The van der Waals surface area contributed by atoms with Gasteiger partial charge in [-0.05, 0) is 37.6 Å². The first-order chi connectivity index (χ1) is 14.3. The zero-order valence-corrected chi connectivity index (χ0v) is 18.4. The molecule has 1 amide bonds. The molecular formula is C21H23ClN2O5S. The summed E-state index contributed by atoms with van der Waals surface area (Å²) in [6.45, 7) is 5.61. The first-order valence-electron chi connectivity index (χ1n) is 9.73. The van der Waals surface area contributed by atoms with Crippen molar-refractivity contribution in [1.29, 1.82) is 0 Å². The quantitative estimate of drug-likeness (QED) is 0.718. The largest absolute Gasteiger partial charge is 0.486 e. The molecule has 2 aliphatic heterocycles. The monoisotopic (exact) mass is 450 g/mol. The number of piperazine rings is 1. The number of nitrogens with zero attached hydrogens (tertiary/aromatic N) is 2. The van der Waals surface area contributed by atoms with Crippen LogP contribution in [0.3, 0.4) is 0 Å². The molecule has 0 unspecified atom stereocenters. The molecule has 2 heterocycles. The molecule has 4 rings (SSSR count). The summed E-state index contributed by atoms with van der Waals surface area (Å²) < 4.78 is 38.6. The van der Waals surface area contributed by atoms with Crippen molar-refractivity contribution in [2.75, 3.05) is 39.4 Å². The van der Waals surface area contributed by atoms with Crippen LogP contribution in [0.2, 0.25) is 5.02 Å². The minimum Gasteiger partial charge on any atom is -0.486 e. The molecule has 7 nitrogen and oxygen atoms in total. The van der Waals surface area contributed by atoms with Gasteiger partial charge in [0.1, 0.15) is 13.2 Å². The van der Waals surface area contributed by atoms with E-state index in [1.165, 1.54) is 4.31 Å². The van der Waals surface area contributed by atoms with Crippen LogP contribution in [0.25, 0.3) is 0 Å². The lowest BCUT2D eigenvalue weighted by molar-refractivity contribution is 0.0696. The van der Waals surface area contributed by atoms with Crippen LogP contribution >= 0.6 is 11.6 Å². The summed E-state index contributed by atoms with van der Waals surface area (Å²) in [5.41, 5.74) is 2.13. The number of aryl methyl sites for hydroxylation is 2. The lowest BCUT2D eigenvalue weighted by atomic mass is 10.1. The summed E-state index contributed by atoms with van der Waals surface area (Å²) in [6, 6.07) is 8.50. The predicted octanol–water partition coefficient (Wildman–Crippen LogP) is 2.87. The standard InChI is InChI=1S/C21H23ClN2O5S/c1-14-3-4-19(15(2)11-14)30(26,27)24-7-5-23(6-8-24)21(25)16-12-17(22)20-18(13-16)28-9-10-29-20/h3-4,11-13H,5-10H2,1-2H3. The average Bonchev–Trinajstić information content (AvgIpc) is 2.73. The van der Waals surface area contributed by atoms with E-state index < -0.39 is 10.0 Å². The average molecular weight is 451 g/mol. The highest BCUT2D eigenvalue weighted by Gasteiger charge is 2.32. The van der Waals surface area contributed by atoms with Gasteiger partial charge in [0.05, 0.1) is 9.92 Å². The third-order valence-electron chi connectivity index (χ3n) is 5.32. The van der Waals surface area contributed by atoms with Crippen LogP contribution < -0.4 is 9.47 Å². The molecule has 2 aromatic carbocycles. The molecule has 0 aliphatic carbocycles. The first-order valence-corrected chi connectivity index (χ1v) is 11.5. The summed E-state index contributed by atoms with van der Waals surface area (Å²) in [5.74, 6) is 0.689. The minimum atomic E-state index is -3.60. The lowest BCUT2D eigenvalue weighted by Crippen LogP contribution is -2.50. The molecular weight excluding hydrogens is 428 g/mol. The van der Waals surface area contributed by atoms with E-state index >= 15 is 0 Å². The van der Waals surface area contributed by atoms with Gasteiger partial charge >= 0.3 is 0 Å². The van der Waals surface area contributed by atoms with Crippen molar-refractivity contribution in [3.63, 3.8) is 0 Å². The second-order valence-corrected chi connectivity index (χ2v) is 9.76. The molecule has 9 heteroatoms. The van der Waals surface area contributed by atoms with Crippen molar-refractivity contribution in [3.05, 3.63) is 52.0 Å². The number of sulfonamides is 1. The van der Waals surface area contributed by atoms with Crippen LogP contribution in [0.5, 0.6) is 11.5 Å². The highest BCUT2D eigenvalue weighted by molar-refractivity contribution is 7.89. The Labute approximate surface area is 181 Å². The van der Waals surface area contributed by atoms with Gasteiger partial charge in [-0.25, -0.2) is 8.42 Å². The Morgan fingerprint density at radius 3 is 2.40 bits per heavy atom. The summed E-state index contributed by atoms with van der Waals surface area (Å²) in [5, 5.41) is 0.326. The first kappa shape index (κ1) is 21.0. The summed E-state index contributed by atoms with van der Waals surface area (Å²) >= 11 is 6.24. The molecule has 2 aromatic rings. The Balaban J connectivity index is 1.48. The van der Waals surface area contributed by atoms with E-state index in [9.17, 15) is 13.2 Å². The van der Waals surface area contributed by atoms with Crippen molar-refractivity contribution in [2.45, 2.75) is 18.7 Å². The molecule has 2 aliphatic rings. The second-order valence-electron chi connectivity index (χ2n) is 7.45. The van der Waals surface area contributed by atoms with Gasteiger partial charge in [-0.3, -0.25) is 4.79 Å². The van der Waals surface area contributed by atoms with Gasteiger partial charge < -0.3 is 14.4 Å². The minimum absolute atomic E-state index is 0.211. The fourth-order valence-electron chi connectivity index (χ4n) is 3.78. The number of carbonyl (C=O) groups is 1. The molecule has 0 bridgehead atoms. The molecule has 0 aromatic heterocycles. The summed E-state index contributed by atoms with van der Waals surface area (Å²) in [6.07, 6.45) is 0. The van der Waals surface area contributed by atoms with E-state index in [-0.39, 0.29) is 19.0 Å². The fraction of sp³-hybridized carbons (Fsp3) is 0.381. The van der Waals surface area contributed by atoms with E-state index in [1.54, 1.807) is 36.1 Å². The number of halogens is 1. The van der Waals surface area contributed by atoms with E-state index in [2.05, 4.69) is 0 Å². The number of hydrogen-bond donors (Lipinski definition) is 0. The molecule has 0 spiro atoms. The SMILES string of the molecule is Cc1ccc(S(=O)(=O)N2CCN(C(=O)c3cc(Cl)c4c(c3)OCCO4)CC2)c(C)c1. The molecule has 1 fully saturated rings. The zero-order valence-electron chi connectivity index (χ0n) is 16.9. The zero-order chi connectivity index (χ0) is 21.5. The number of ether oxygens (including phenoxy) is 2. The van der Waals surface area contributed by atoms with Crippen molar-refractivity contribution in [1.82, 2.24) is 9.21 Å². The topological polar surface area (TPSA) is 76.2 Å². The highest BCUT2D eigenvalue weighted by Crippen LogP contribution is 2.38. The molecule has 0 atom stereocenters. The van der Waals surface area contributed by atoms with Gasteiger partial charge in [0.25, 0.3) is 5.91 Å². The molecule has 1 saturated heterocycles. The van der Waals surface area contributed by atoms with Crippen LogP contribution in [-0.4, -0.2) is 62.9 Å². The van der Waals surface area contributed by atoms with Crippen molar-refractivity contribution < 1.29 is 22.7 Å². The summed E-state index contributed by atoms with van der Waals surface area (Å²) in [4.78, 5) is 14.9. The fourth-order valence-corrected chi connectivity index (χ4v) is 5.67. The molecule has 30 heavy (non-hydrogen) atoms. The number of fused-ring (bicyclic) bond motifs is 1.